The van der Waals surface area contributed by atoms with E-state index in [9.17, 15) is 9.59 Å². The van der Waals surface area contributed by atoms with E-state index in [1.54, 1.807) is 6.20 Å². The van der Waals surface area contributed by atoms with E-state index in [0.29, 0.717) is 13.0 Å². The molecule has 6 nitrogen and oxygen atoms in total. The molecule has 2 fully saturated rings. The highest BCUT2D eigenvalue weighted by molar-refractivity contribution is 6.07. The van der Waals surface area contributed by atoms with Crippen molar-refractivity contribution >= 4 is 11.9 Å². The van der Waals surface area contributed by atoms with Gasteiger partial charge in [-0.15, -0.1) is 0 Å². The molecule has 0 bridgehead atoms. The lowest BCUT2D eigenvalue weighted by Gasteiger charge is -2.40. The number of amides is 3. The zero-order chi connectivity index (χ0) is 18.7. The Kier molecular flexibility index (Phi) is 5.41. The van der Waals surface area contributed by atoms with Crippen LogP contribution in [0.4, 0.5) is 4.79 Å². The van der Waals surface area contributed by atoms with Crippen LogP contribution >= 0.6 is 0 Å². The topological polar surface area (TPSA) is 65.5 Å². The Bertz CT molecular complexity index is 682. The Morgan fingerprint density at radius 1 is 1.38 bits per heavy atom. The fourth-order valence-corrected chi connectivity index (χ4v) is 4.20. The summed E-state index contributed by atoms with van der Waals surface area (Å²) in [4.78, 5) is 33.3. The average molecular weight is 356 g/mol. The molecule has 1 atom stereocenters. The van der Waals surface area contributed by atoms with Crippen LogP contribution in [0, 0.1) is 5.92 Å². The number of rotatable bonds is 6. The summed E-state index contributed by atoms with van der Waals surface area (Å²) in [6, 6.07) is 3.76. The van der Waals surface area contributed by atoms with Gasteiger partial charge in [0.2, 0.25) is 0 Å². The molecule has 2 aliphatic rings. The number of urea groups is 1. The maximum Gasteiger partial charge on any atom is 0.325 e. The lowest BCUT2D eigenvalue weighted by atomic mass is 9.75. The molecule has 1 unspecified atom stereocenters. The number of piperidine rings is 1. The third-order valence-electron chi connectivity index (χ3n) is 5.60. The predicted molar refractivity (Wildman–Crippen MR) is 100 cm³/mol. The van der Waals surface area contributed by atoms with Crippen molar-refractivity contribution in [1.29, 1.82) is 0 Å². The number of likely N-dealkylation sites (tertiary alicyclic amines) is 1. The molecule has 0 radical (unpaired) electrons. The minimum atomic E-state index is -0.757. The van der Waals surface area contributed by atoms with E-state index in [-0.39, 0.29) is 17.9 Å². The molecular weight excluding hydrogens is 328 g/mol. The molecular formula is C20H28N4O2. The predicted octanol–water partition coefficient (Wildman–Crippen LogP) is 2.57. The molecule has 3 rings (SSSR count). The lowest BCUT2D eigenvalue weighted by Crippen LogP contribution is -2.55. The van der Waals surface area contributed by atoms with E-state index in [1.807, 2.05) is 26.1 Å². The van der Waals surface area contributed by atoms with E-state index in [4.69, 9.17) is 0 Å². The lowest BCUT2D eigenvalue weighted by molar-refractivity contribution is -0.134. The zero-order valence-corrected chi connectivity index (χ0v) is 15.7. The van der Waals surface area contributed by atoms with Crippen molar-refractivity contribution in [3.63, 3.8) is 0 Å². The van der Waals surface area contributed by atoms with E-state index >= 15 is 0 Å². The van der Waals surface area contributed by atoms with Crippen molar-refractivity contribution in [1.82, 2.24) is 20.1 Å². The van der Waals surface area contributed by atoms with Crippen LogP contribution in [0.15, 0.2) is 36.7 Å². The van der Waals surface area contributed by atoms with Gasteiger partial charge in [-0.05, 0) is 56.8 Å². The third kappa shape index (κ3) is 3.51. The minimum Gasteiger partial charge on any atom is -0.323 e. The SMILES string of the molecule is C=C(C)CN1C(=O)NC(CC)(C2CCN(Cc3cccnc3)CC2)C1=O. The monoisotopic (exact) mass is 356 g/mol. The number of nitrogens with zero attached hydrogens (tertiary/aromatic N) is 3. The number of hydrogen-bond acceptors (Lipinski definition) is 4. The van der Waals surface area contributed by atoms with Gasteiger partial charge >= 0.3 is 6.03 Å². The van der Waals surface area contributed by atoms with E-state index in [0.717, 1.165) is 38.0 Å². The van der Waals surface area contributed by atoms with Crippen molar-refractivity contribution in [3.8, 4) is 0 Å². The molecule has 140 valence electrons. The van der Waals surface area contributed by atoms with Gasteiger partial charge in [-0.3, -0.25) is 19.6 Å². The molecule has 6 heteroatoms. The number of aromatic nitrogens is 1. The maximum absolute atomic E-state index is 13.1. The number of imide groups is 1. The fourth-order valence-electron chi connectivity index (χ4n) is 4.20. The second-order valence-electron chi connectivity index (χ2n) is 7.52. The number of hydrogen-bond donors (Lipinski definition) is 1. The van der Waals surface area contributed by atoms with Crippen LogP contribution in [0.5, 0.6) is 0 Å². The van der Waals surface area contributed by atoms with Gasteiger partial charge in [0.1, 0.15) is 5.54 Å². The first-order chi connectivity index (χ1) is 12.5. The van der Waals surface area contributed by atoms with Crippen molar-refractivity contribution in [3.05, 3.63) is 42.2 Å². The van der Waals surface area contributed by atoms with Gasteiger partial charge in [0.05, 0.1) is 6.54 Å². The largest absolute Gasteiger partial charge is 0.325 e. The zero-order valence-electron chi connectivity index (χ0n) is 15.7. The van der Waals surface area contributed by atoms with Crippen molar-refractivity contribution in [2.45, 2.75) is 45.2 Å². The highest BCUT2D eigenvalue weighted by atomic mass is 16.2. The number of pyridine rings is 1. The summed E-state index contributed by atoms with van der Waals surface area (Å²) in [6.45, 7) is 10.7. The van der Waals surface area contributed by atoms with Gasteiger partial charge in [-0.1, -0.05) is 25.1 Å². The van der Waals surface area contributed by atoms with Gasteiger partial charge in [0.15, 0.2) is 0 Å². The molecule has 0 aliphatic carbocycles. The van der Waals surface area contributed by atoms with Crippen molar-refractivity contribution in [2.24, 2.45) is 5.92 Å². The number of carbonyl (C=O) groups excluding carboxylic acids is 2. The molecule has 3 heterocycles. The van der Waals surface area contributed by atoms with Crippen LogP contribution in [0.25, 0.3) is 0 Å². The molecule has 2 aliphatic heterocycles. The summed E-state index contributed by atoms with van der Waals surface area (Å²) in [6.07, 6.45) is 6.11. The first kappa shape index (κ1) is 18.6. The summed E-state index contributed by atoms with van der Waals surface area (Å²) in [5, 5.41) is 3.02. The maximum atomic E-state index is 13.1. The minimum absolute atomic E-state index is 0.0845. The fraction of sp³-hybridized carbons (Fsp3) is 0.550. The molecule has 0 saturated carbocycles. The van der Waals surface area contributed by atoms with E-state index < -0.39 is 5.54 Å². The summed E-state index contributed by atoms with van der Waals surface area (Å²) in [7, 11) is 0. The van der Waals surface area contributed by atoms with E-state index in [1.165, 1.54) is 10.5 Å². The van der Waals surface area contributed by atoms with Gasteiger partial charge in [0.25, 0.3) is 5.91 Å². The summed E-state index contributed by atoms with van der Waals surface area (Å²) in [5.74, 6) is 0.0860. The standard InChI is InChI=1S/C20H28N4O2/c1-4-20(18(25)24(13-15(2)3)19(26)22-20)17-7-10-23(11-8-17)14-16-6-5-9-21-12-16/h5-6,9,12,17H,2,4,7-8,10-11,13-14H2,1,3H3,(H,22,26). The van der Waals surface area contributed by atoms with Crippen molar-refractivity contribution in [2.75, 3.05) is 19.6 Å². The molecule has 1 aromatic heterocycles. The van der Waals surface area contributed by atoms with Gasteiger partial charge in [-0.25, -0.2) is 4.79 Å². The molecule has 1 N–H and O–H groups in total. The van der Waals surface area contributed by atoms with Crippen LogP contribution < -0.4 is 5.32 Å². The van der Waals surface area contributed by atoms with Crippen molar-refractivity contribution < 1.29 is 9.59 Å². The molecule has 26 heavy (non-hydrogen) atoms. The van der Waals surface area contributed by atoms with Crippen LogP contribution in [0.3, 0.4) is 0 Å². The van der Waals surface area contributed by atoms with E-state index in [2.05, 4.69) is 27.8 Å². The Morgan fingerprint density at radius 3 is 2.69 bits per heavy atom. The number of nitrogens with one attached hydrogen (secondary N) is 1. The highest BCUT2D eigenvalue weighted by Gasteiger charge is 2.54. The van der Waals surface area contributed by atoms with Crippen LogP contribution in [-0.2, 0) is 11.3 Å². The third-order valence-corrected chi connectivity index (χ3v) is 5.60. The number of carbonyl (C=O) groups is 2. The molecule has 3 amide bonds. The molecule has 0 aromatic carbocycles. The van der Waals surface area contributed by atoms with Crippen LogP contribution in [0.2, 0.25) is 0 Å². The molecule has 2 saturated heterocycles. The molecule has 0 spiro atoms. The average Bonchev–Trinajstić information content (AvgIpc) is 2.88. The van der Waals surface area contributed by atoms with Crippen LogP contribution in [-0.4, -0.2) is 51.9 Å². The second kappa shape index (κ2) is 7.58. The van der Waals surface area contributed by atoms with Crippen LogP contribution in [0.1, 0.15) is 38.7 Å². The first-order valence-electron chi connectivity index (χ1n) is 9.36. The Labute approximate surface area is 155 Å². The normalized spacial score (nSPS) is 24.8. The Morgan fingerprint density at radius 2 is 2.12 bits per heavy atom. The summed E-state index contributed by atoms with van der Waals surface area (Å²) in [5.41, 5.74) is 1.26. The smallest absolute Gasteiger partial charge is 0.323 e. The van der Waals surface area contributed by atoms with Gasteiger partial charge in [-0.2, -0.15) is 0 Å². The Hall–Kier alpha value is -2.21. The first-order valence-corrected chi connectivity index (χ1v) is 9.36. The second-order valence-corrected chi connectivity index (χ2v) is 7.52. The summed E-state index contributed by atoms with van der Waals surface area (Å²) >= 11 is 0. The van der Waals surface area contributed by atoms with Gasteiger partial charge in [0, 0.05) is 18.9 Å². The summed E-state index contributed by atoms with van der Waals surface area (Å²) < 4.78 is 0. The quantitative estimate of drug-likeness (QED) is 0.628. The molecule has 1 aromatic rings. The Balaban J connectivity index is 1.66. The van der Waals surface area contributed by atoms with Gasteiger partial charge < -0.3 is 5.32 Å². The highest BCUT2D eigenvalue weighted by Crippen LogP contribution is 2.36.